The number of rotatable bonds is 5. The first-order chi connectivity index (χ1) is 6.22. The first kappa shape index (κ1) is 19.3. The Morgan fingerprint density at radius 2 is 1.64 bits per heavy atom. The van der Waals surface area contributed by atoms with Gasteiger partial charge in [0, 0.05) is 12.8 Å². The van der Waals surface area contributed by atoms with Crippen molar-refractivity contribution in [1.82, 2.24) is 0 Å². The molecule has 0 heterocycles. The van der Waals surface area contributed by atoms with Gasteiger partial charge in [-0.2, -0.15) is 10.5 Å². The Kier molecular flexibility index (Phi) is 25.4. The van der Waals surface area contributed by atoms with Crippen LogP contribution in [-0.2, 0) is 4.79 Å². The summed E-state index contributed by atoms with van der Waals surface area (Å²) in [5, 5.41) is 14.5. The summed E-state index contributed by atoms with van der Waals surface area (Å²) in [5.41, 5.74) is 0. The van der Waals surface area contributed by atoms with E-state index in [0.29, 0.717) is 12.2 Å². The van der Waals surface area contributed by atoms with Crippen molar-refractivity contribution in [1.29, 1.82) is 10.5 Å². The number of hydrogen-bond acceptors (Lipinski definition) is 3. The topological polar surface area (TPSA) is 64.7 Å². The molecule has 4 heteroatoms. The van der Waals surface area contributed by atoms with E-state index in [1.165, 1.54) is 25.0 Å². The van der Waals surface area contributed by atoms with Gasteiger partial charge in [-0.25, -0.2) is 0 Å². The van der Waals surface area contributed by atoms with Crippen molar-refractivity contribution in [3.05, 3.63) is 0 Å². The number of Topliss-reactive ketones (excluding diaryl/α,β-unsaturated/α-hetero) is 1. The molecular formula is C10H17N2NaO. The molecule has 0 aliphatic heterocycles. The van der Waals surface area contributed by atoms with Gasteiger partial charge in [-0.05, 0) is 6.42 Å². The molecule has 0 aromatic heterocycles. The van der Waals surface area contributed by atoms with Crippen molar-refractivity contribution in [2.45, 2.75) is 46.0 Å². The van der Waals surface area contributed by atoms with Crippen LogP contribution < -0.4 is 0 Å². The van der Waals surface area contributed by atoms with Crippen LogP contribution in [0.15, 0.2) is 0 Å². The van der Waals surface area contributed by atoms with E-state index >= 15 is 0 Å². The maximum atomic E-state index is 10.7. The van der Waals surface area contributed by atoms with Crippen molar-refractivity contribution in [3.63, 3.8) is 0 Å². The van der Waals surface area contributed by atoms with Gasteiger partial charge in [0.05, 0.1) is 0 Å². The summed E-state index contributed by atoms with van der Waals surface area (Å²) in [7, 11) is 0. The van der Waals surface area contributed by atoms with Gasteiger partial charge in [-0.3, -0.25) is 4.79 Å². The van der Waals surface area contributed by atoms with E-state index in [4.69, 9.17) is 10.5 Å². The first-order valence-electron chi connectivity index (χ1n) is 4.52. The fourth-order valence-corrected chi connectivity index (χ4v) is 0.749. The molecule has 0 saturated carbocycles. The third-order valence-corrected chi connectivity index (χ3v) is 1.50. The molecular weight excluding hydrogens is 187 g/mol. The zero-order chi connectivity index (χ0) is 10.5. The molecule has 0 bridgehead atoms. The Labute approximate surface area is 108 Å². The fourth-order valence-electron chi connectivity index (χ4n) is 0.749. The minimum atomic E-state index is 0. The first-order valence-corrected chi connectivity index (χ1v) is 4.52. The molecule has 0 rings (SSSR count). The van der Waals surface area contributed by atoms with E-state index in [1.54, 1.807) is 0 Å². The molecule has 0 spiro atoms. The van der Waals surface area contributed by atoms with E-state index < -0.39 is 0 Å². The zero-order valence-electron chi connectivity index (χ0n) is 8.34. The number of nitrogens with zero attached hydrogens (tertiary/aromatic N) is 2. The van der Waals surface area contributed by atoms with Crippen molar-refractivity contribution in [2.75, 3.05) is 0 Å². The van der Waals surface area contributed by atoms with Crippen LogP contribution in [0.3, 0.4) is 0 Å². The molecule has 0 radical (unpaired) electrons. The van der Waals surface area contributed by atoms with Crippen LogP contribution in [0.2, 0.25) is 0 Å². The van der Waals surface area contributed by atoms with E-state index in [1.807, 2.05) is 6.92 Å². The summed E-state index contributed by atoms with van der Waals surface area (Å²) < 4.78 is 0. The van der Waals surface area contributed by atoms with Gasteiger partial charge in [0.2, 0.25) is 0 Å². The second-order valence-corrected chi connectivity index (χ2v) is 2.57. The van der Waals surface area contributed by atoms with Gasteiger partial charge in [-0.15, -0.1) is 0 Å². The quantitative estimate of drug-likeness (QED) is 0.507. The maximum absolute atomic E-state index is 10.7. The Bertz CT molecular complexity index is 191. The molecule has 0 fully saturated rings. The Morgan fingerprint density at radius 3 is 1.93 bits per heavy atom. The van der Waals surface area contributed by atoms with Gasteiger partial charge >= 0.3 is 29.6 Å². The second-order valence-electron chi connectivity index (χ2n) is 2.57. The molecule has 0 amide bonds. The Morgan fingerprint density at radius 1 is 1.14 bits per heavy atom. The molecule has 0 aromatic rings. The third kappa shape index (κ3) is 22.6. The summed E-state index contributed by atoms with van der Waals surface area (Å²) in [6, 6.07) is 2.47. The summed E-state index contributed by atoms with van der Waals surface area (Å²) in [6.45, 7) is 4.07. The Hall–Kier alpha value is -0.350. The van der Waals surface area contributed by atoms with Crippen LogP contribution in [0, 0.1) is 22.7 Å². The van der Waals surface area contributed by atoms with Crippen LogP contribution in [-0.4, -0.2) is 35.3 Å². The van der Waals surface area contributed by atoms with Gasteiger partial charge in [0.25, 0.3) is 0 Å². The monoisotopic (exact) mass is 204 g/mol. The molecule has 0 saturated heterocycles. The van der Waals surface area contributed by atoms with Crippen LogP contribution in [0.4, 0.5) is 0 Å². The van der Waals surface area contributed by atoms with Crippen LogP contribution >= 0.6 is 0 Å². The fraction of sp³-hybridized carbons (Fsp3) is 0.700. The molecule has 0 aliphatic carbocycles. The standard InChI is InChI=1S/C8H16O.C2N2.Na.H/c1-3-5-6-7-8(9)4-2;3-1-2-4;;/h3-7H2,1-2H3;;;. The predicted octanol–water partition coefficient (Wildman–Crippen LogP) is 1.93. The average molecular weight is 204 g/mol. The van der Waals surface area contributed by atoms with Crippen LogP contribution in [0.1, 0.15) is 46.0 Å². The summed E-state index contributed by atoms with van der Waals surface area (Å²) >= 11 is 0. The number of unbranched alkanes of at least 4 members (excludes halogenated alkanes) is 2. The average Bonchev–Trinajstić information content (AvgIpc) is 2.18. The molecule has 3 nitrogen and oxygen atoms in total. The predicted molar refractivity (Wildman–Crippen MR) is 57.8 cm³/mol. The minimum absolute atomic E-state index is 0. The zero-order valence-corrected chi connectivity index (χ0v) is 8.34. The summed E-state index contributed by atoms with van der Waals surface area (Å²) in [5.74, 6) is 0.406. The second kappa shape index (κ2) is 18.4. The van der Waals surface area contributed by atoms with Crippen LogP contribution in [0.25, 0.3) is 0 Å². The van der Waals surface area contributed by atoms with E-state index in [-0.39, 0.29) is 29.6 Å². The van der Waals surface area contributed by atoms with E-state index in [0.717, 1.165) is 12.8 Å². The molecule has 0 aliphatic rings. The molecule has 14 heavy (non-hydrogen) atoms. The molecule has 0 atom stereocenters. The van der Waals surface area contributed by atoms with Crippen molar-refractivity contribution < 1.29 is 4.79 Å². The van der Waals surface area contributed by atoms with Crippen LogP contribution in [0.5, 0.6) is 0 Å². The van der Waals surface area contributed by atoms with Gasteiger partial charge in [0.1, 0.15) is 5.78 Å². The van der Waals surface area contributed by atoms with Gasteiger partial charge < -0.3 is 0 Å². The van der Waals surface area contributed by atoms with Gasteiger partial charge in [0.15, 0.2) is 12.1 Å². The van der Waals surface area contributed by atoms with Crippen molar-refractivity contribution in [2.24, 2.45) is 0 Å². The van der Waals surface area contributed by atoms with Gasteiger partial charge in [-0.1, -0.05) is 26.7 Å². The molecule has 0 unspecified atom stereocenters. The SMILES string of the molecule is CCCCCC(=O)CC.N#CC#N.[NaH]. The van der Waals surface area contributed by atoms with Crippen molar-refractivity contribution >= 4 is 35.3 Å². The molecule has 0 aromatic carbocycles. The summed E-state index contributed by atoms with van der Waals surface area (Å²) in [4.78, 5) is 10.7. The normalized spacial score (nSPS) is 6.86. The number of ketones is 1. The van der Waals surface area contributed by atoms with Crippen molar-refractivity contribution in [3.8, 4) is 12.1 Å². The number of hydrogen-bond donors (Lipinski definition) is 0. The van der Waals surface area contributed by atoms with E-state index in [2.05, 4.69) is 6.92 Å². The molecule has 74 valence electrons. The van der Waals surface area contributed by atoms with E-state index in [9.17, 15) is 4.79 Å². The third-order valence-electron chi connectivity index (χ3n) is 1.50. The number of carbonyl (C=O) groups is 1. The summed E-state index contributed by atoms with van der Waals surface area (Å²) in [6.07, 6.45) is 5.00. The number of nitriles is 2. The molecule has 0 N–H and O–H groups in total. The number of carbonyl (C=O) groups excluding carboxylic acids is 1. The Balaban J connectivity index is -0.000000209.